The number of carboxylic acids is 1. The number of nitrogens with zero attached hydrogens (tertiary/aromatic N) is 1. The van der Waals surface area contributed by atoms with Crippen LogP contribution in [-0.4, -0.2) is 39.1 Å². The minimum atomic E-state index is -0.944. The first-order valence-corrected chi connectivity index (χ1v) is 8.05. The number of carboxylic acid groups (broad SMARTS) is 1. The van der Waals surface area contributed by atoms with Crippen LogP contribution in [0.4, 0.5) is 0 Å². The van der Waals surface area contributed by atoms with Gasteiger partial charge in [0.25, 0.3) is 0 Å². The van der Waals surface area contributed by atoms with Crippen molar-refractivity contribution in [2.24, 2.45) is 5.73 Å². The molecule has 1 aromatic rings. The topological polar surface area (TPSA) is 83.6 Å². The zero-order chi connectivity index (χ0) is 15.4. The fraction of sp³-hybridized carbons (Fsp3) is 0.467. The minimum Gasteiger partial charge on any atom is -0.480 e. The number of hydrogen-bond donors (Lipinski definition) is 2. The van der Waals surface area contributed by atoms with Gasteiger partial charge >= 0.3 is 5.97 Å². The van der Waals surface area contributed by atoms with Crippen LogP contribution in [0.15, 0.2) is 30.3 Å². The Morgan fingerprint density at radius 1 is 1.43 bits per heavy atom. The van der Waals surface area contributed by atoms with Gasteiger partial charge in [-0.05, 0) is 12.0 Å². The molecule has 2 rings (SSSR count). The minimum absolute atomic E-state index is 0.0680. The molecule has 3 N–H and O–H groups in total. The maximum atomic E-state index is 12.5. The lowest BCUT2D eigenvalue weighted by Crippen LogP contribution is -2.46. The number of nitrogens with two attached hydrogens (primary N) is 1. The van der Waals surface area contributed by atoms with Gasteiger partial charge in [-0.1, -0.05) is 37.3 Å². The van der Waals surface area contributed by atoms with E-state index in [0.717, 1.165) is 12.0 Å². The lowest BCUT2D eigenvalue weighted by atomic mass is 10.0. The van der Waals surface area contributed by atoms with Crippen molar-refractivity contribution in [2.45, 2.75) is 37.2 Å². The highest BCUT2D eigenvalue weighted by atomic mass is 32.2. The fourth-order valence-corrected chi connectivity index (χ4v) is 3.88. The van der Waals surface area contributed by atoms with Crippen LogP contribution in [0.3, 0.4) is 0 Å². The van der Waals surface area contributed by atoms with Crippen molar-refractivity contribution < 1.29 is 14.7 Å². The Morgan fingerprint density at radius 3 is 2.67 bits per heavy atom. The van der Waals surface area contributed by atoms with Gasteiger partial charge in [-0.15, -0.1) is 11.8 Å². The average Bonchev–Trinajstić information content (AvgIpc) is 2.92. The molecule has 114 valence electrons. The molecule has 1 aromatic carbocycles. The molecule has 3 unspecified atom stereocenters. The molecule has 0 bridgehead atoms. The molecule has 1 amide bonds. The molecule has 3 atom stereocenters. The summed E-state index contributed by atoms with van der Waals surface area (Å²) in [5.74, 6) is -0.684. The maximum Gasteiger partial charge on any atom is 0.327 e. The smallest absolute Gasteiger partial charge is 0.327 e. The van der Waals surface area contributed by atoms with Gasteiger partial charge in [0.05, 0.1) is 5.37 Å². The Bertz CT molecular complexity index is 509. The van der Waals surface area contributed by atoms with E-state index in [-0.39, 0.29) is 17.7 Å². The normalized spacial score (nSPS) is 23.0. The second-order valence-electron chi connectivity index (χ2n) is 5.07. The lowest BCUT2D eigenvalue weighted by molar-refractivity contribution is -0.149. The van der Waals surface area contributed by atoms with E-state index < -0.39 is 18.1 Å². The van der Waals surface area contributed by atoms with Crippen LogP contribution < -0.4 is 5.73 Å². The first-order valence-electron chi connectivity index (χ1n) is 7.00. The van der Waals surface area contributed by atoms with Crippen molar-refractivity contribution in [3.05, 3.63) is 35.9 Å². The first-order chi connectivity index (χ1) is 10.0. The van der Waals surface area contributed by atoms with Gasteiger partial charge < -0.3 is 15.7 Å². The maximum absolute atomic E-state index is 12.5. The van der Waals surface area contributed by atoms with E-state index in [4.69, 9.17) is 5.73 Å². The van der Waals surface area contributed by atoms with Crippen molar-refractivity contribution in [1.82, 2.24) is 4.90 Å². The summed E-state index contributed by atoms with van der Waals surface area (Å²) in [5.41, 5.74) is 6.96. The van der Waals surface area contributed by atoms with Crippen molar-refractivity contribution in [1.29, 1.82) is 0 Å². The summed E-state index contributed by atoms with van der Waals surface area (Å²) in [5, 5.41) is 9.19. The number of hydrogen-bond acceptors (Lipinski definition) is 4. The largest absolute Gasteiger partial charge is 0.480 e. The number of amides is 1. The molecule has 21 heavy (non-hydrogen) atoms. The van der Waals surface area contributed by atoms with Crippen LogP contribution in [0.5, 0.6) is 0 Å². The molecule has 1 aliphatic heterocycles. The molecular formula is C15H20N2O3S. The van der Waals surface area contributed by atoms with Crippen molar-refractivity contribution in [3.8, 4) is 0 Å². The summed E-state index contributed by atoms with van der Waals surface area (Å²) < 4.78 is 0. The Labute approximate surface area is 128 Å². The number of carbonyl (C=O) groups excluding carboxylic acids is 1. The van der Waals surface area contributed by atoms with E-state index in [9.17, 15) is 14.7 Å². The summed E-state index contributed by atoms with van der Waals surface area (Å²) >= 11 is 1.52. The van der Waals surface area contributed by atoms with Crippen molar-refractivity contribution in [3.63, 3.8) is 0 Å². The second-order valence-corrected chi connectivity index (χ2v) is 6.28. The fourth-order valence-electron chi connectivity index (χ4n) is 2.51. The van der Waals surface area contributed by atoms with E-state index in [0.29, 0.717) is 5.75 Å². The molecule has 6 heteroatoms. The Morgan fingerprint density at radius 2 is 2.10 bits per heavy atom. The third-order valence-electron chi connectivity index (χ3n) is 3.64. The Hall–Kier alpha value is -1.53. The summed E-state index contributed by atoms with van der Waals surface area (Å²) in [6.07, 6.45) is 0.867. The quantitative estimate of drug-likeness (QED) is 0.867. The third-order valence-corrected chi connectivity index (χ3v) is 5.09. The van der Waals surface area contributed by atoms with Crippen LogP contribution in [0.1, 0.15) is 31.4 Å². The summed E-state index contributed by atoms with van der Waals surface area (Å²) in [7, 11) is 0. The van der Waals surface area contributed by atoms with Crippen LogP contribution in [0, 0.1) is 0 Å². The summed E-state index contributed by atoms with van der Waals surface area (Å²) in [6.45, 7) is 1.96. The second kappa shape index (κ2) is 6.95. The zero-order valence-corrected chi connectivity index (χ0v) is 12.8. The molecule has 1 saturated heterocycles. The molecule has 0 aliphatic carbocycles. The highest BCUT2D eigenvalue weighted by Crippen LogP contribution is 2.32. The van der Waals surface area contributed by atoms with Gasteiger partial charge in [0, 0.05) is 18.2 Å². The molecule has 1 fully saturated rings. The van der Waals surface area contributed by atoms with Gasteiger partial charge in [0.1, 0.15) is 6.04 Å². The van der Waals surface area contributed by atoms with Crippen LogP contribution in [0.2, 0.25) is 0 Å². The summed E-state index contributed by atoms with van der Waals surface area (Å²) in [6, 6.07) is 8.25. The monoisotopic (exact) mass is 308 g/mol. The van der Waals surface area contributed by atoms with E-state index in [1.807, 2.05) is 37.3 Å². The van der Waals surface area contributed by atoms with Gasteiger partial charge in [0.15, 0.2) is 0 Å². The number of aliphatic carboxylic acids is 1. The lowest BCUT2D eigenvalue weighted by Gasteiger charge is -2.28. The van der Waals surface area contributed by atoms with Crippen LogP contribution in [0.25, 0.3) is 0 Å². The van der Waals surface area contributed by atoms with Gasteiger partial charge in [-0.25, -0.2) is 4.79 Å². The van der Waals surface area contributed by atoms with E-state index >= 15 is 0 Å². The molecule has 0 radical (unpaired) electrons. The van der Waals surface area contributed by atoms with Gasteiger partial charge in [-0.2, -0.15) is 0 Å². The number of rotatable bonds is 5. The predicted octanol–water partition coefficient (Wildman–Crippen LogP) is 1.84. The van der Waals surface area contributed by atoms with E-state index in [1.165, 1.54) is 16.7 Å². The Balaban J connectivity index is 2.08. The van der Waals surface area contributed by atoms with E-state index in [2.05, 4.69) is 0 Å². The number of benzene rings is 1. The third kappa shape index (κ3) is 3.57. The molecule has 1 heterocycles. The predicted molar refractivity (Wildman–Crippen MR) is 82.8 cm³/mol. The molecular weight excluding hydrogens is 288 g/mol. The molecule has 0 saturated carbocycles. The molecule has 0 spiro atoms. The first kappa shape index (κ1) is 15.9. The molecule has 1 aliphatic rings. The highest BCUT2D eigenvalue weighted by molar-refractivity contribution is 8.00. The number of carbonyl (C=O) groups is 2. The SMILES string of the molecule is CCC1SCC(C(=O)O)N1C(=O)CC(N)c1ccccc1. The van der Waals surface area contributed by atoms with Crippen LogP contribution >= 0.6 is 11.8 Å². The Kier molecular flexibility index (Phi) is 5.25. The van der Waals surface area contributed by atoms with Gasteiger partial charge in [0.2, 0.25) is 5.91 Å². The van der Waals surface area contributed by atoms with Crippen LogP contribution in [-0.2, 0) is 9.59 Å². The average molecular weight is 308 g/mol. The standard InChI is InChI=1S/C15H20N2O3S/c1-2-14-17(12(9-21-14)15(19)20)13(18)8-11(16)10-6-4-3-5-7-10/h3-7,11-12,14H,2,8-9,16H2,1H3,(H,19,20). The number of thioether (sulfide) groups is 1. The van der Waals surface area contributed by atoms with Gasteiger partial charge in [-0.3, -0.25) is 4.79 Å². The molecule has 0 aromatic heterocycles. The molecule has 5 nitrogen and oxygen atoms in total. The van der Waals surface area contributed by atoms with Crippen molar-refractivity contribution in [2.75, 3.05) is 5.75 Å². The highest BCUT2D eigenvalue weighted by Gasteiger charge is 2.40. The van der Waals surface area contributed by atoms with Crippen molar-refractivity contribution >= 4 is 23.6 Å². The van der Waals surface area contributed by atoms with E-state index in [1.54, 1.807) is 0 Å². The summed E-state index contributed by atoms with van der Waals surface area (Å²) in [4.78, 5) is 25.3. The zero-order valence-electron chi connectivity index (χ0n) is 11.9.